The molecule has 3 rings (SSSR count). The summed E-state index contributed by atoms with van der Waals surface area (Å²) in [5, 5.41) is 0. The van der Waals surface area contributed by atoms with Gasteiger partial charge < -0.3 is 4.90 Å². The molecule has 1 amide bonds. The van der Waals surface area contributed by atoms with Crippen molar-refractivity contribution in [2.45, 2.75) is 25.7 Å². The molecule has 0 radical (unpaired) electrons. The lowest BCUT2D eigenvalue weighted by molar-refractivity contribution is -0.138. The number of benzene rings is 1. The lowest BCUT2D eigenvalue weighted by Crippen LogP contribution is -2.41. The third-order valence-electron chi connectivity index (χ3n) is 4.90. The number of carbonyl (C=O) groups excluding carboxylic acids is 1. The molecule has 0 aromatic heterocycles. The highest BCUT2D eigenvalue weighted by Crippen LogP contribution is 2.28. The van der Waals surface area contributed by atoms with Gasteiger partial charge in [0.2, 0.25) is 5.91 Å². The molecule has 0 atom stereocenters. The second kappa shape index (κ2) is 7.73. The van der Waals surface area contributed by atoms with E-state index in [-0.39, 0.29) is 5.82 Å². The average Bonchev–Trinajstić information content (AvgIpc) is 2.73. The van der Waals surface area contributed by atoms with Crippen molar-refractivity contribution < 1.29 is 9.18 Å². The molecule has 0 unspecified atom stereocenters. The van der Waals surface area contributed by atoms with Gasteiger partial charge in [-0.2, -0.15) is 0 Å². The van der Waals surface area contributed by atoms with Crippen LogP contribution in [0.15, 0.2) is 30.3 Å². The molecular weight excluding hydrogens is 291 g/mol. The number of hydrogen-bond donors (Lipinski definition) is 0. The highest BCUT2D eigenvalue weighted by molar-refractivity contribution is 5.79. The van der Waals surface area contributed by atoms with Crippen molar-refractivity contribution in [2.24, 2.45) is 5.92 Å². The van der Waals surface area contributed by atoms with Gasteiger partial charge in [-0.25, -0.2) is 4.39 Å². The molecule has 0 spiro atoms. The van der Waals surface area contributed by atoms with Crippen molar-refractivity contribution in [3.05, 3.63) is 41.7 Å². The maximum absolute atomic E-state index is 12.9. The van der Waals surface area contributed by atoms with E-state index in [1.165, 1.54) is 18.6 Å². The Bertz CT molecular complexity index is 551. The molecule has 2 fully saturated rings. The van der Waals surface area contributed by atoms with E-state index in [1.54, 1.807) is 12.1 Å². The highest BCUT2D eigenvalue weighted by Gasteiger charge is 2.30. The molecule has 1 aliphatic heterocycles. The van der Waals surface area contributed by atoms with Gasteiger partial charge in [-0.3, -0.25) is 9.69 Å². The summed E-state index contributed by atoms with van der Waals surface area (Å²) in [6.07, 6.45) is 8.57. The zero-order chi connectivity index (χ0) is 16.1. The Hall–Kier alpha value is -1.68. The van der Waals surface area contributed by atoms with Crippen LogP contribution in [0.25, 0.3) is 6.08 Å². The Balaban J connectivity index is 1.46. The van der Waals surface area contributed by atoms with Gasteiger partial charge in [0.15, 0.2) is 0 Å². The monoisotopic (exact) mass is 316 g/mol. The Kier molecular flexibility index (Phi) is 5.44. The molecule has 1 aromatic carbocycles. The van der Waals surface area contributed by atoms with Gasteiger partial charge in [0.1, 0.15) is 5.82 Å². The molecule has 2 aliphatic rings. The fourth-order valence-corrected chi connectivity index (χ4v) is 3.20. The lowest BCUT2D eigenvalue weighted by atomic mass is 9.84. The third-order valence-corrected chi connectivity index (χ3v) is 4.90. The van der Waals surface area contributed by atoms with Crippen LogP contribution in [-0.2, 0) is 4.79 Å². The molecule has 124 valence electrons. The SMILES string of the molecule is O=C(C1CCC1)N1CCCN(CC=Cc2ccc(F)cc2)CC1. The maximum Gasteiger partial charge on any atom is 0.225 e. The number of nitrogens with zero attached hydrogens (tertiary/aromatic N) is 2. The lowest BCUT2D eigenvalue weighted by Gasteiger charge is -2.31. The first kappa shape index (κ1) is 16.2. The molecule has 1 saturated carbocycles. The van der Waals surface area contributed by atoms with E-state index in [9.17, 15) is 9.18 Å². The Morgan fingerprint density at radius 2 is 1.87 bits per heavy atom. The van der Waals surface area contributed by atoms with Crippen LogP contribution in [-0.4, -0.2) is 48.4 Å². The first-order valence-electron chi connectivity index (χ1n) is 8.65. The standard InChI is InChI=1S/C19H25FN2O/c20-18-9-7-16(8-10-18)4-2-11-21-12-3-13-22(15-14-21)19(23)17-5-1-6-17/h2,4,7-10,17H,1,3,5-6,11-15H2. The van der Waals surface area contributed by atoms with Crippen molar-refractivity contribution in [1.29, 1.82) is 0 Å². The predicted octanol–water partition coefficient (Wildman–Crippen LogP) is 3.17. The van der Waals surface area contributed by atoms with Crippen molar-refractivity contribution in [2.75, 3.05) is 32.7 Å². The van der Waals surface area contributed by atoms with Crippen LogP contribution >= 0.6 is 0 Å². The molecule has 0 bridgehead atoms. The van der Waals surface area contributed by atoms with Gasteiger partial charge in [0.05, 0.1) is 0 Å². The molecule has 1 aliphatic carbocycles. The fraction of sp³-hybridized carbons (Fsp3) is 0.526. The number of amides is 1. The first-order chi connectivity index (χ1) is 11.2. The summed E-state index contributed by atoms with van der Waals surface area (Å²) in [7, 11) is 0. The molecule has 0 N–H and O–H groups in total. The molecule has 1 saturated heterocycles. The maximum atomic E-state index is 12.9. The van der Waals surface area contributed by atoms with Crippen LogP contribution in [0.3, 0.4) is 0 Å². The van der Waals surface area contributed by atoms with Gasteiger partial charge in [0.25, 0.3) is 0 Å². The average molecular weight is 316 g/mol. The minimum atomic E-state index is -0.203. The van der Waals surface area contributed by atoms with Crippen LogP contribution in [0.4, 0.5) is 4.39 Å². The van der Waals surface area contributed by atoms with Crippen molar-refractivity contribution in [3.8, 4) is 0 Å². The van der Waals surface area contributed by atoms with Gasteiger partial charge in [-0.1, -0.05) is 30.7 Å². The minimum absolute atomic E-state index is 0.203. The Morgan fingerprint density at radius 3 is 2.57 bits per heavy atom. The largest absolute Gasteiger partial charge is 0.341 e. The van der Waals surface area contributed by atoms with Crippen molar-refractivity contribution in [3.63, 3.8) is 0 Å². The summed E-state index contributed by atoms with van der Waals surface area (Å²) in [5.41, 5.74) is 1.02. The van der Waals surface area contributed by atoms with Crippen LogP contribution in [0, 0.1) is 11.7 Å². The number of carbonyl (C=O) groups is 1. The molecule has 1 aromatic rings. The number of rotatable bonds is 4. The Morgan fingerprint density at radius 1 is 1.09 bits per heavy atom. The number of hydrogen-bond acceptors (Lipinski definition) is 2. The molecule has 4 heteroatoms. The fourth-order valence-electron chi connectivity index (χ4n) is 3.20. The Labute approximate surface area is 137 Å². The summed E-state index contributed by atoms with van der Waals surface area (Å²) in [6, 6.07) is 6.53. The van der Waals surface area contributed by atoms with Crippen LogP contribution in [0.1, 0.15) is 31.2 Å². The molecule has 23 heavy (non-hydrogen) atoms. The van der Waals surface area contributed by atoms with E-state index < -0.39 is 0 Å². The van der Waals surface area contributed by atoms with Crippen LogP contribution in [0.2, 0.25) is 0 Å². The van der Waals surface area contributed by atoms with Gasteiger partial charge in [-0.05, 0) is 37.0 Å². The second-order valence-corrected chi connectivity index (χ2v) is 6.56. The third kappa shape index (κ3) is 4.41. The summed E-state index contributed by atoms with van der Waals surface area (Å²) < 4.78 is 12.9. The van der Waals surface area contributed by atoms with Gasteiger partial charge >= 0.3 is 0 Å². The first-order valence-corrected chi connectivity index (χ1v) is 8.65. The van der Waals surface area contributed by atoms with E-state index in [4.69, 9.17) is 0 Å². The predicted molar refractivity (Wildman–Crippen MR) is 90.4 cm³/mol. The van der Waals surface area contributed by atoms with E-state index in [2.05, 4.69) is 15.9 Å². The smallest absolute Gasteiger partial charge is 0.225 e. The van der Waals surface area contributed by atoms with E-state index >= 15 is 0 Å². The van der Waals surface area contributed by atoms with Gasteiger partial charge in [0, 0.05) is 38.6 Å². The quantitative estimate of drug-likeness (QED) is 0.852. The van der Waals surface area contributed by atoms with Crippen molar-refractivity contribution in [1.82, 2.24) is 9.80 Å². The zero-order valence-electron chi connectivity index (χ0n) is 13.6. The van der Waals surface area contributed by atoms with E-state index in [0.717, 1.165) is 57.5 Å². The van der Waals surface area contributed by atoms with E-state index in [0.29, 0.717) is 11.8 Å². The minimum Gasteiger partial charge on any atom is -0.341 e. The summed E-state index contributed by atoms with van der Waals surface area (Å²) in [5.74, 6) is 0.478. The zero-order valence-corrected chi connectivity index (χ0v) is 13.6. The number of halogens is 1. The van der Waals surface area contributed by atoms with Crippen LogP contribution in [0.5, 0.6) is 0 Å². The highest BCUT2D eigenvalue weighted by atomic mass is 19.1. The van der Waals surface area contributed by atoms with Gasteiger partial charge in [-0.15, -0.1) is 0 Å². The topological polar surface area (TPSA) is 23.6 Å². The summed E-state index contributed by atoms with van der Waals surface area (Å²) in [6.45, 7) is 4.59. The van der Waals surface area contributed by atoms with Crippen LogP contribution < -0.4 is 0 Å². The molecule has 3 nitrogen and oxygen atoms in total. The normalized spacial score (nSPS) is 20.5. The summed E-state index contributed by atoms with van der Waals surface area (Å²) >= 11 is 0. The molecular formula is C19H25FN2O. The summed E-state index contributed by atoms with van der Waals surface area (Å²) in [4.78, 5) is 16.8. The van der Waals surface area contributed by atoms with E-state index in [1.807, 2.05) is 6.08 Å². The van der Waals surface area contributed by atoms with Crippen molar-refractivity contribution >= 4 is 12.0 Å². The molecule has 1 heterocycles. The second-order valence-electron chi connectivity index (χ2n) is 6.56.